The molecule has 2 aromatic carbocycles. The number of hydrogen-bond donors (Lipinski definition) is 1. The Morgan fingerprint density at radius 1 is 1.25 bits per heavy atom. The molecule has 0 aliphatic carbocycles. The van der Waals surface area contributed by atoms with Crippen LogP contribution in [0.4, 0.5) is 0 Å². The van der Waals surface area contributed by atoms with Crippen molar-refractivity contribution < 1.29 is 14.3 Å². The lowest BCUT2D eigenvalue weighted by molar-refractivity contribution is -0.123. The standard InChI is InChI=1S/C16H13Cl2IN2O3/c1-23-15-4-2-10(6-13(15)19)8-20-21-16(22)9-24-14-5-3-11(17)7-12(14)18/h2-8H,9H2,1H3,(H,21,22)/b20-8-. The van der Waals surface area contributed by atoms with Crippen molar-refractivity contribution in [2.45, 2.75) is 0 Å². The summed E-state index contributed by atoms with van der Waals surface area (Å²) in [6.07, 6.45) is 1.54. The predicted octanol–water partition coefficient (Wildman–Crippen LogP) is 4.14. The highest BCUT2D eigenvalue weighted by atomic mass is 127. The molecule has 1 amide bonds. The van der Waals surface area contributed by atoms with Crippen molar-refractivity contribution in [3.8, 4) is 11.5 Å². The second-order valence-electron chi connectivity index (χ2n) is 4.55. The topological polar surface area (TPSA) is 59.9 Å². The lowest BCUT2D eigenvalue weighted by Crippen LogP contribution is -2.24. The molecule has 8 heteroatoms. The van der Waals surface area contributed by atoms with E-state index >= 15 is 0 Å². The van der Waals surface area contributed by atoms with Crippen molar-refractivity contribution in [3.05, 3.63) is 55.6 Å². The number of benzene rings is 2. The second-order valence-corrected chi connectivity index (χ2v) is 6.56. The van der Waals surface area contributed by atoms with Gasteiger partial charge in [-0.3, -0.25) is 4.79 Å². The normalized spacial score (nSPS) is 10.7. The monoisotopic (exact) mass is 478 g/mol. The summed E-state index contributed by atoms with van der Waals surface area (Å²) in [5, 5.41) is 4.72. The maximum atomic E-state index is 11.7. The summed E-state index contributed by atoms with van der Waals surface area (Å²) in [7, 11) is 1.61. The average molecular weight is 479 g/mol. The zero-order valence-electron chi connectivity index (χ0n) is 12.6. The molecule has 1 N–H and O–H groups in total. The summed E-state index contributed by atoms with van der Waals surface area (Å²) in [4.78, 5) is 11.7. The van der Waals surface area contributed by atoms with E-state index in [0.29, 0.717) is 15.8 Å². The van der Waals surface area contributed by atoms with Crippen molar-refractivity contribution in [2.24, 2.45) is 5.10 Å². The van der Waals surface area contributed by atoms with E-state index in [1.807, 2.05) is 18.2 Å². The third-order valence-corrected chi connectivity index (χ3v) is 4.20. The van der Waals surface area contributed by atoms with E-state index < -0.39 is 5.91 Å². The first-order valence-corrected chi connectivity index (χ1v) is 8.56. The van der Waals surface area contributed by atoms with E-state index in [1.54, 1.807) is 25.3 Å². The lowest BCUT2D eigenvalue weighted by Gasteiger charge is -2.07. The van der Waals surface area contributed by atoms with E-state index in [2.05, 4.69) is 33.1 Å². The highest BCUT2D eigenvalue weighted by molar-refractivity contribution is 14.1. The lowest BCUT2D eigenvalue weighted by atomic mass is 10.2. The third kappa shape index (κ3) is 5.54. The van der Waals surface area contributed by atoms with Crippen LogP contribution in [-0.4, -0.2) is 25.8 Å². The largest absolute Gasteiger partial charge is 0.496 e. The van der Waals surface area contributed by atoms with Crippen LogP contribution >= 0.6 is 45.8 Å². The van der Waals surface area contributed by atoms with Gasteiger partial charge in [-0.1, -0.05) is 23.2 Å². The van der Waals surface area contributed by atoms with Gasteiger partial charge >= 0.3 is 0 Å². The van der Waals surface area contributed by atoms with Gasteiger partial charge in [0.25, 0.3) is 5.91 Å². The number of carbonyl (C=O) groups is 1. The van der Waals surface area contributed by atoms with Crippen LogP contribution in [0.2, 0.25) is 10.0 Å². The number of hydrazone groups is 1. The molecule has 5 nitrogen and oxygen atoms in total. The van der Waals surface area contributed by atoms with Crippen molar-refractivity contribution in [1.29, 1.82) is 0 Å². The Hall–Kier alpha value is -1.51. The summed E-state index contributed by atoms with van der Waals surface area (Å²) >= 11 is 13.9. The van der Waals surface area contributed by atoms with Gasteiger partial charge in [-0.25, -0.2) is 5.43 Å². The average Bonchev–Trinajstić information content (AvgIpc) is 2.54. The molecule has 0 saturated carbocycles. The van der Waals surface area contributed by atoms with Crippen LogP contribution in [0.1, 0.15) is 5.56 Å². The number of hydrogen-bond acceptors (Lipinski definition) is 4. The first kappa shape index (κ1) is 18.8. The molecule has 2 rings (SSSR count). The predicted molar refractivity (Wildman–Crippen MR) is 103 cm³/mol. The number of halogens is 3. The molecule has 0 aliphatic heterocycles. The summed E-state index contributed by atoms with van der Waals surface area (Å²) in [6, 6.07) is 10.3. The highest BCUT2D eigenvalue weighted by Gasteiger charge is 2.06. The van der Waals surface area contributed by atoms with E-state index in [-0.39, 0.29) is 6.61 Å². The summed E-state index contributed by atoms with van der Waals surface area (Å²) < 4.78 is 11.4. The fourth-order valence-corrected chi connectivity index (χ4v) is 2.93. The van der Waals surface area contributed by atoms with Gasteiger partial charge in [0.1, 0.15) is 11.5 Å². The van der Waals surface area contributed by atoms with Gasteiger partial charge < -0.3 is 9.47 Å². The summed E-state index contributed by atoms with van der Waals surface area (Å²) in [5.74, 6) is 0.760. The van der Waals surface area contributed by atoms with Gasteiger partial charge in [0, 0.05) is 5.02 Å². The number of methoxy groups -OCH3 is 1. The third-order valence-electron chi connectivity index (χ3n) is 2.83. The Balaban J connectivity index is 1.85. The van der Waals surface area contributed by atoms with Crippen LogP contribution in [0.15, 0.2) is 41.5 Å². The first-order valence-electron chi connectivity index (χ1n) is 6.73. The molecule has 24 heavy (non-hydrogen) atoms. The second kappa shape index (κ2) is 9.10. The number of carbonyl (C=O) groups excluding carboxylic acids is 1. The number of amides is 1. The molecule has 0 radical (unpaired) electrons. The van der Waals surface area contributed by atoms with Gasteiger partial charge in [0.15, 0.2) is 6.61 Å². The maximum absolute atomic E-state index is 11.7. The Morgan fingerprint density at radius 2 is 2.00 bits per heavy atom. The summed E-state index contributed by atoms with van der Waals surface area (Å²) in [5.41, 5.74) is 3.22. The smallest absolute Gasteiger partial charge is 0.277 e. The fourth-order valence-electron chi connectivity index (χ4n) is 1.71. The minimum absolute atomic E-state index is 0.209. The maximum Gasteiger partial charge on any atom is 0.277 e. The van der Waals surface area contributed by atoms with Gasteiger partial charge in [-0.2, -0.15) is 5.10 Å². The van der Waals surface area contributed by atoms with E-state index in [4.69, 9.17) is 32.7 Å². The zero-order valence-corrected chi connectivity index (χ0v) is 16.2. The van der Waals surface area contributed by atoms with E-state index in [0.717, 1.165) is 14.9 Å². The molecule has 0 aliphatic rings. The number of nitrogens with zero attached hydrogens (tertiary/aromatic N) is 1. The molecule has 0 heterocycles. The van der Waals surface area contributed by atoms with Gasteiger partial charge in [-0.15, -0.1) is 0 Å². The van der Waals surface area contributed by atoms with Gasteiger partial charge in [-0.05, 0) is 64.6 Å². The number of ether oxygens (including phenoxy) is 2. The van der Waals surface area contributed by atoms with E-state index in [9.17, 15) is 4.79 Å². The highest BCUT2D eigenvalue weighted by Crippen LogP contribution is 2.27. The number of nitrogens with one attached hydrogen (secondary N) is 1. The van der Waals surface area contributed by atoms with Crippen LogP contribution in [0.5, 0.6) is 11.5 Å². The van der Waals surface area contributed by atoms with Crippen molar-refractivity contribution in [2.75, 3.05) is 13.7 Å². The van der Waals surface area contributed by atoms with Crippen molar-refractivity contribution in [3.63, 3.8) is 0 Å². The minimum Gasteiger partial charge on any atom is -0.496 e. The SMILES string of the molecule is COc1ccc(/C=N\NC(=O)COc2ccc(Cl)cc2Cl)cc1I. The molecule has 126 valence electrons. The van der Waals surface area contributed by atoms with Gasteiger partial charge in [0.2, 0.25) is 0 Å². The molecule has 0 fully saturated rings. The van der Waals surface area contributed by atoms with Crippen molar-refractivity contribution in [1.82, 2.24) is 5.43 Å². The molecular weight excluding hydrogens is 466 g/mol. The van der Waals surface area contributed by atoms with Crippen LogP contribution in [0.25, 0.3) is 0 Å². The zero-order chi connectivity index (χ0) is 17.5. The van der Waals surface area contributed by atoms with Crippen LogP contribution in [0.3, 0.4) is 0 Å². The van der Waals surface area contributed by atoms with Crippen LogP contribution < -0.4 is 14.9 Å². The Morgan fingerprint density at radius 3 is 2.67 bits per heavy atom. The summed E-state index contributed by atoms with van der Waals surface area (Å²) in [6.45, 7) is -0.209. The van der Waals surface area contributed by atoms with Gasteiger partial charge in [0.05, 0.1) is 21.9 Å². The van der Waals surface area contributed by atoms with Crippen LogP contribution in [0, 0.1) is 3.57 Å². The minimum atomic E-state index is -0.402. The molecular formula is C16H13Cl2IN2O3. The molecule has 0 unspecified atom stereocenters. The Labute approximate surface area is 163 Å². The molecule has 0 bridgehead atoms. The molecule has 2 aromatic rings. The quantitative estimate of drug-likeness (QED) is 0.385. The van der Waals surface area contributed by atoms with Crippen LogP contribution in [-0.2, 0) is 4.79 Å². The Bertz CT molecular complexity index is 769. The fraction of sp³-hybridized carbons (Fsp3) is 0.125. The Kier molecular flexibility index (Phi) is 7.14. The number of rotatable bonds is 6. The molecule has 0 spiro atoms. The molecule has 0 saturated heterocycles. The van der Waals surface area contributed by atoms with E-state index in [1.165, 1.54) is 6.21 Å². The first-order chi connectivity index (χ1) is 11.5. The molecule has 0 atom stereocenters. The molecule has 0 aromatic heterocycles. The van der Waals surface area contributed by atoms with Crippen molar-refractivity contribution >= 4 is 57.9 Å².